The maximum absolute atomic E-state index is 13.6. The molecule has 0 atom stereocenters. The molecule has 0 saturated carbocycles. The van der Waals surface area contributed by atoms with Crippen LogP contribution in [0.5, 0.6) is 0 Å². The minimum absolute atomic E-state index is 0.0440. The molecule has 0 unspecified atom stereocenters. The lowest BCUT2D eigenvalue weighted by molar-refractivity contribution is -0.140. The Morgan fingerprint density at radius 3 is 2.51 bits per heavy atom. The van der Waals surface area contributed by atoms with Crippen molar-refractivity contribution < 1.29 is 26.8 Å². The van der Waals surface area contributed by atoms with E-state index < -0.39 is 34.7 Å². The number of fused-ring (bicyclic) bond motifs is 1. The van der Waals surface area contributed by atoms with E-state index in [0.717, 1.165) is 22.0 Å². The lowest BCUT2D eigenvalue weighted by Gasteiger charge is -2.09. The summed E-state index contributed by atoms with van der Waals surface area (Å²) in [6, 6.07) is 2.57. The summed E-state index contributed by atoms with van der Waals surface area (Å²) in [6.07, 6.45) is -5.14. The minimum atomic E-state index is -4.87. The van der Waals surface area contributed by atoms with Crippen LogP contribution in [0, 0.1) is 19.7 Å². The second-order valence-electron chi connectivity index (χ2n) is 7.86. The first-order valence-electron chi connectivity index (χ1n) is 10.1. The average Bonchev–Trinajstić information content (AvgIpc) is 3.29. The average molecular weight is 510 g/mol. The highest BCUT2D eigenvalue weighted by Gasteiger charge is 2.34. The third kappa shape index (κ3) is 4.27. The molecule has 3 aromatic heterocycles. The SMILES string of the molecule is Cc1oc2c(c1CC(=O)Nc1nc(-c3ccc(F)c(C(F)(F)F)c3)c(C)s1)c(=O)n(C)c(=O)n2C. The van der Waals surface area contributed by atoms with Crippen LogP contribution in [0.25, 0.3) is 22.4 Å². The maximum Gasteiger partial charge on any atom is 0.419 e. The number of halogens is 4. The Bertz CT molecular complexity index is 1610. The number of thiazole rings is 1. The minimum Gasteiger partial charge on any atom is -0.444 e. The predicted octanol–water partition coefficient (Wildman–Crippen LogP) is 3.91. The zero-order chi connectivity index (χ0) is 25.8. The first-order chi connectivity index (χ1) is 16.3. The number of hydrogen-bond acceptors (Lipinski definition) is 6. The van der Waals surface area contributed by atoms with Gasteiger partial charge in [0.1, 0.15) is 17.0 Å². The van der Waals surface area contributed by atoms with E-state index in [1.807, 2.05) is 0 Å². The van der Waals surface area contributed by atoms with Gasteiger partial charge in [-0.3, -0.25) is 18.7 Å². The summed E-state index contributed by atoms with van der Waals surface area (Å²) < 4.78 is 60.5. The number of anilines is 1. The third-order valence-corrected chi connectivity index (χ3v) is 6.40. The van der Waals surface area contributed by atoms with Gasteiger partial charge in [0.15, 0.2) is 5.13 Å². The van der Waals surface area contributed by atoms with Gasteiger partial charge >= 0.3 is 11.9 Å². The number of furan rings is 1. The Labute approximate surface area is 198 Å². The highest BCUT2D eigenvalue weighted by molar-refractivity contribution is 7.16. The fourth-order valence-electron chi connectivity index (χ4n) is 3.73. The van der Waals surface area contributed by atoms with Crippen molar-refractivity contribution in [1.82, 2.24) is 14.1 Å². The molecule has 0 saturated heterocycles. The zero-order valence-corrected chi connectivity index (χ0v) is 19.7. The molecule has 0 aliphatic heterocycles. The number of aryl methyl sites for hydroxylation is 3. The van der Waals surface area contributed by atoms with Gasteiger partial charge in [0.05, 0.1) is 17.7 Å². The summed E-state index contributed by atoms with van der Waals surface area (Å²) in [6.45, 7) is 3.17. The number of aromatic nitrogens is 3. The zero-order valence-electron chi connectivity index (χ0n) is 18.8. The Balaban J connectivity index is 1.64. The number of carbonyl (C=O) groups excluding carboxylic acids is 1. The topological polar surface area (TPSA) is 99.1 Å². The first-order valence-corrected chi connectivity index (χ1v) is 10.9. The van der Waals surface area contributed by atoms with Crippen molar-refractivity contribution in [2.45, 2.75) is 26.4 Å². The fourth-order valence-corrected chi connectivity index (χ4v) is 4.58. The van der Waals surface area contributed by atoms with Gasteiger partial charge in [0.25, 0.3) is 5.56 Å². The van der Waals surface area contributed by atoms with Crippen LogP contribution in [0.4, 0.5) is 22.7 Å². The lowest BCUT2D eigenvalue weighted by Crippen LogP contribution is -2.36. The van der Waals surface area contributed by atoms with E-state index in [4.69, 9.17) is 4.42 Å². The van der Waals surface area contributed by atoms with Crippen molar-refractivity contribution in [3.05, 3.63) is 66.6 Å². The van der Waals surface area contributed by atoms with E-state index in [1.165, 1.54) is 24.7 Å². The molecule has 1 N–H and O–H groups in total. The van der Waals surface area contributed by atoms with E-state index in [0.29, 0.717) is 16.5 Å². The van der Waals surface area contributed by atoms with Gasteiger partial charge in [-0.25, -0.2) is 14.2 Å². The fraction of sp³-hybridized carbons (Fsp3) is 0.273. The maximum atomic E-state index is 13.6. The van der Waals surface area contributed by atoms with Crippen molar-refractivity contribution in [1.29, 1.82) is 0 Å². The predicted molar refractivity (Wildman–Crippen MR) is 121 cm³/mol. The Morgan fingerprint density at radius 1 is 1.17 bits per heavy atom. The molecule has 0 fully saturated rings. The molecule has 1 aromatic carbocycles. The number of amides is 1. The van der Waals surface area contributed by atoms with Crippen LogP contribution in [-0.4, -0.2) is 20.0 Å². The molecule has 0 radical (unpaired) electrons. The molecule has 8 nitrogen and oxygen atoms in total. The van der Waals surface area contributed by atoms with Crippen LogP contribution in [0.1, 0.15) is 21.8 Å². The monoisotopic (exact) mass is 510 g/mol. The molecular formula is C22H18F4N4O4S. The first kappa shape index (κ1) is 24.4. The van der Waals surface area contributed by atoms with Crippen molar-refractivity contribution in [2.24, 2.45) is 14.1 Å². The van der Waals surface area contributed by atoms with Crippen molar-refractivity contribution in [2.75, 3.05) is 5.32 Å². The Hall–Kier alpha value is -3.74. The van der Waals surface area contributed by atoms with Gasteiger partial charge in [0.2, 0.25) is 11.6 Å². The molecule has 3 heterocycles. The summed E-state index contributed by atoms with van der Waals surface area (Å²) in [7, 11) is 2.76. The lowest BCUT2D eigenvalue weighted by atomic mass is 10.1. The standard InChI is InChI=1S/C22H18F4N4O4S/c1-9-12(16-18(32)29(3)21(33)30(4)19(16)34-9)8-15(31)27-20-28-17(10(2)35-20)11-5-6-14(23)13(7-11)22(24,25)26/h5-7H,8H2,1-4H3,(H,27,28,31). The second kappa shape index (κ2) is 8.48. The third-order valence-electron chi connectivity index (χ3n) is 5.51. The van der Waals surface area contributed by atoms with Gasteiger partial charge in [-0.2, -0.15) is 13.2 Å². The molecule has 0 spiro atoms. The number of alkyl halides is 3. The van der Waals surface area contributed by atoms with Gasteiger partial charge in [0, 0.05) is 30.1 Å². The molecule has 13 heteroatoms. The van der Waals surface area contributed by atoms with Crippen molar-refractivity contribution >= 4 is 33.5 Å². The Kier molecular flexibility index (Phi) is 5.91. The largest absolute Gasteiger partial charge is 0.444 e. The number of nitrogens with zero attached hydrogens (tertiary/aromatic N) is 3. The van der Waals surface area contributed by atoms with Crippen molar-refractivity contribution in [3.63, 3.8) is 0 Å². The highest BCUT2D eigenvalue weighted by atomic mass is 32.1. The number of benzene rings is 1. The van der Waals surface area contributed by atoms with Crippen LogP contribution in [0.15, 0.2) is 32.2 Å². The molecule has 35 heavy (non-hydrogen) atoms. The number of carbonyl (C=O) groups is 1. The molecule has 1 amide bonds. The number of nitrogens with one attached hydrogen (secondary N) is 1. The van der Waals surface area contributed by atoms with Crippen LogP contribution >= 0.6 is 11.3 Å². The molecule has 184 valence electrons. The van der Waals surface area contributed by atoms with E-state index in [-0.39, 0.29) is 39.7 Å². The van der Waals surface area contributed by atoms with E-state index in [9.17, 15) is 31.9 Å². The number of rotatable bonds is 4. The van der Waals surface area contributed by atoms with E-state index >= 15 is 0 Å². The molecular weight excluding hydrogens is 492 g/mol. The van der Waals surface area contributed by atoms with Gasteiger partial charge in [-0.05, 0) is 32.0 Å². The second-order valence-corrected chi connectivity index (χ2v) is 9.07. The normalized spacial score (nSPS) is 11.9. The molecule has 4 aromatic rings. The van der Waals surface area contributed by atoms with Crippen LogP contribution in [-0.2, 0) is 31.5 Å². The Morgan fingerprint density at radius 2 is 1.86 bits per heavy atom. The quantitative estimate of drug-likeness (QED) is 0.420. The highest BCUT2D eigenvalue weighted by Crippen LogP contribution is 2.36. The van der Waals surface area contributed by atoms with Gasteiger partial charge < -0.3 is 9.73 Å². The van der Waals surface area contributed by atoms with E-state index in [1.54, 1.807) is 13.8 Å². The van der Waals surface area contributed by atoms with Crippen LogP contribution < -0.4 is 16.6 Å². The van der Waals surface area contributed by atoms with Crippen molar-refractivity contribution in [3.8, 4) is 11.3 Å². The summed E-state index contributed by atoms with van der Waals surface area (Å²) >= 11 is 1.03. The molecule has 0 bridgehead atoms. The summed E-state index contributed by atoms with van der Waals surface area (Å²) in [5.74, 6) is -1.66. The van der Waals surface area contributed by atoms with Gasteiger partial charge in [-0.1, -0.05) is 0 Å². The smallest absolute Gasteiger partial charge is 0.419 e. The summed E-state index contributed by atoms with van der Waals surface area (Å²) in [5, 5.41) is 2.79. The van der Waals surface area contributed by atoms with Gasteiger partial charge in [-0.15, -0.1) is 11.3 Å². The van der Waals surface area contributed by atoms with E-state index in [2.05, 4.69) is 10.3 Å². The van der Waals surface area contributed by atoms with Crippen LogP contribution in [0.2, 0.25) is 0 Å². The summed E-state index contributed by atoms with van der Waals surface area (Å²) in [5.41, 5.74) is -2.03. The van der Waals surface area contributed by atoms with Crippen LogP contribution in [0.3, 0.4) is 0 Å². The molecule has 0 aliphatic rings. The summed E-state index contributed by atoms with van der Waals surface area (Å²) in [4.78, 5) is 42.2. The molecule has 0 aliphatic carbocycles. The molecule has 4 rings (SSSR count). The number of hydrogen-bond donors (Lipinski definition) is 1.